The molecular weight excluding hydrogens is 326 g/mol. The fourth-order valence-corrected chi connectivity index (χ4v) is 2.55. The highest BCUT2D eigenvalue weighted by Crippen LogP contribution is 2.23. The standard InChI is InChI=1S/C18H23NO6/c1-18(2,3)25-15(20)10-11-6-4-5-7-12(11)19-16(21)13-8-9-14(24-13)17(22)23/h4-7,13-14H,8-10H2,1-3H3,(H,19,21)(H,22,23)/t13-,14+/m0/s1. The minimum absolute atomic E-state index is 0.0248. The van der Waals surface area contributed by atoms with E-state index in [9.17, 15) is 14.4 Å². The lowest BCUT2D eigenvalue weighted by molar-refractivity contribution is -0.154. The van der Waals surface area contributed by atoms with E-state index in [0.29, 0.717) is 24.1 Å². The van der Waals surface area contributed by atoms with Gasteiger partial charge in [0.25, 0.3) is 5.91 Å². The molecule has 0 aliphatic carbocycles. The molecule has 0 aromatic heterocycles. The van der Waals surface area contributed by atoms with E-state index in [1.807, 2.05) is 0 Å². The molecule has 1 saturated heterocycles. The van der Waals surface area contributed by atoms with Crippen molar-refractivity contribution in [1.29, 1.82) is 0 Å². The van der Waals surface area contributed by atoms with Crippen molar-refractivity contribution in [3.05, 3.63) is 29.8 Å². The van der Waals surface area contributed by atoms with Crippen LogP contribution in [0.1, 0.15) is 39.2 Å². The van der Waals surface area contributed by atoms with E-state index in [2.05, 4.69) is 5.32 Å². The van der Waals surface area contributed by atoms with Crippen molar-refractivity contribution in [3.8, 4) is 0 Å². The molecule has 1 aliphatic heterocycles. The summed E-state index contributed by atoms with van der Waals surface area (Å²) < 4.78 is 10.5. The van der Waals surface area contributed by atoms with E-state index in [-0.39, 0.29) is 6.42 Å². The maximum absolute atomic E-state index is 12.3. The normalized spacial score (nSPS) is 20.1. The van der Waals surface area contributed by atoms with Crippen molar-refractivity contribution in [3.63, 3.8) is 0 Å². The number of amides is 1. The summed E-state index contributed by atoms with van der Waals surface area (Å²) in [6.07, 6.45) is -1.09. The zero-order valence-corrected chi connectivity index (χ0v) is 14.6. The van der Waals surface area contributed by atoms with Gasteiger partial charge in [-0.25, -0.2) is 4.79 Å². The summed E-state index contributed by atoms with van der Waals surface area (Å²) in [4.78, 5) is 35.2. The van der Waals surface area contributed by atoms with Gasteiger partial charge in [0.05, 0.1) is 6.42 Å². The van der Waals surface area contributed by atoms with Crippen LogP contribution in [0.15, 0.2) is 24.3 Å². The molecule has 7 nitrogen and oxygen atoms in total. The van der Waals surface area contributed by atoms with Gasteiger partial charge in [0, 0.05) is 5.69 Å². The molecule has 0 unspecified atom stereocenters. The first-order valence-electron chi connectivity index (χ1n) is 8.14. The lowest BCUT2D eigenvalue weighted by atomic mass is 10.1. The molecule has 1 heterocycles. The Labute approximate surface area is 146 Å². The molecule has 136 valence electrons. The Bertz CT molecular complexity index is 664. The first kappa shape index (κ1) is 18.9. The van der Waals surface area contributed by atoms with E-state index in [0.717, 1.165) is 0 Å². The van der Waals surface area contributed by atoms with Gasteiger partial charge in [0.1, 0.15) is 11.7 Å². The zero-order valence-electron chi connectivity index (χ0n) is 14.6. The first-order valence-corrected chi connectivity index (χ1v) is 8.14. The van der Waals surface area contributed by atoms with Gasteiger partial charge >= 0.3 is 11.9 Å². The van der Waals surface area contributed by atoms with Crippen LogP contribution in [-0.2, 0) is 30.3 Å². The molecular formula is C18H23NO6. The van der Waals surface area contributed by atoms with Crippen LogP contribution in [0.2, 0.25) is 0 Å². The number of esters is 1. The molecule has 25 heavy (non-hydrogen) atoms. The Morgan fingerprint density at radius 2 is 1.84 bits per heavy atom. The van der Waals surface area contributed by atoms with E-state index >= 15 is 0 Å². The van der Waals surface area contributed by atoms with Crippen molar-refractivity contribution in [1.82, 2.24) is 0 Å². The van der Waals surface area contributed by atoms with Crippen molar-refractivity contribution in [2.45, 2.75) is 57.8 Å². The van der Waals surface area contributed by atoms with Gasteiger partial charge < -0.3 is 19.9 Å². The molecule has 1 aromatic rings. The predicted octanol–water partition coefficient (Wildman–Crippen LogP) is 2.14. The topological polar surface area (TPSA) is 102 Å². The van der Waals surface area contributed by atoms with E-state index in [1.165, 1.54) is 0 Å². The van der Waals surface area contributed by atoms with Gasteiger partial charge in [-0.05, 0) is 45.2 Å². The molecule has 2 N–H and O–H groups in total. The minimum atomic E-state index is -1.07. The lowest BCUT2D eigenvalue weighted by Crippen LogP contribution is -2.30. The second-order valence-electron chi connectivity index (χ2n) is 6.94. The SMILES string of the molecule is CC(C)(C)OC(=O)Cc1ccccc1NC(=O)[C@@H]1CC[C@H](C(=O)O)O1. The Morgan fingerprint density at radius 3 is 2.44 bits per heavy atom. The van der Waals surface area contributed by atoms with Crippen molar-refractivity contribution < 1.29 is 29.0 Å². The molecule has 0 spiro atoms. The molecule has 0 saturated carbocycles. The van der Waals surface area contributed by atoms with E-state index in [4.69, 9.17) is 14.6 Å². The van der Waals surface area contributed by atoms with E-state index < -0.39 is 35.7 Å². The lowest BCUT2D eigenvalue weighted by Gasteiger charge is -2.20. The summed E-state index contributed by atoms with van der Waals surface area (Å²) in [5.74, 6) is -1.88. The highest BCUT2D eigenvalue weighted by molar-refractivity contribution is 5.96. The van der Waals surface area contributed by atoms with Crippen molar-refractivity contribution in [2.24, 2.45) is 0 Å². The van der Waals surface area contributed by atoms with Crippen molar-refractivity contribution in [2.75, 3.05) is 5.32 Å². The fraction of sp³-hybridized carbons (Fsp3) is 0.500. The number of hydrogen-bond donors (Lipinski definition) is 2. The Morgan fingerprint density at radius 1 is 1.20 bits per heavy atom. The quantitative estimate of drug-likeness (QED) is 0.790. The smallest absolute Gasteiger partial charge is 0.332 e. The Hall–Kier alpha value is -2.41. The van der Waals surface area contributed by atoms with Crippen LogP contribution >= 0.6 is 0 Å². The van der Waals surface area contributed by atoms with Gasteiger partial charge in [-0.2, -0.15) is 0 Å². The molecule has 2 rings (SSSR count). The third-order valence-corrected chi connectivity index (χ3v) is 3.62. The number of nitrogens with one attached hydrogen (secondary N) is 1. The van der Waals surface area contributed by atoms with Gasteiger partial charge in [0.2, 0.25) is 0 Å². The summed E-state index contributed by atoms with van der Waals surface area (Å²) in [6.45, 7) is 5.36. The number of carbonyl (C=O) groups excluding carboxylic acids is 2. The Kier molecular flexibility index (Phi) is 5.79. The van der Waals surface area contributed by atoms with Gasteiger partial charge in [-0.15, -0.1) is 0 Å². The zero-order chi connectivity index (χ0) is 18.6. The number of carboxylic acids is 1. The van der Waals surface area contributed by atoms with Crippen molar-refractivity contribution >= 4 is 23.5 Å². The molecule has 7 heteroatoms. The number of benzene rings is 1. The third kappa shape index (κ3) is 5.56. The molecule has 2 atom stereocenters. The summed E-state index contributed by atoms with van der Waals surface area (Å²) in [5.41, 5.74) is 0.525. The molecule has 0 radical (unpaired) electrons. The molecule has 0 bridgehead atoms. The van der Waals surface area contributed by atoms with Gasteiger partial charge in [-0.3, -0.25) is 9.59 Å². The molecule has 1 fully saturated rings. The van der Waals surface area contributed by atoms with Gasteiger partial charge in [-0.1, -0.05) is 18.2 Å². The summed E-state index contributed by atoms with van der Waals surface area (Å²) in [7, 11) is 0. The largest absolute Gasteiger partial charge is 0.479 e. The predicted molar refractivity (Wildman–Crippen MR) is 90.2 cm³/mol. The monoisotopic (exact) mass is 349 g/mol. The van der Waals surface area contributed by atoms with Crippen LogP contribution in [0.5, 0.6) is 0 Å². The average molecular weight is 349 g/mol. The summed E-state index contributed by atoms with van der Waals surface area (Å²) in [5, 5.41) is 11.6. The highest BCUT2D eigenvalue weighted by Gasteiger charge is 2.34. The second-order valence-corrected chi connectivity index (χ2v) is 6.94. The maximum atomic E-state index is 12.3. The Balaban J connectivity index is 2.02. The number of rotatable bonds is 5. The third-order valence-electron chi connectivity index (χ3n) is 3.62. The number of ether oxygens (including phenoxy) is 2. The second kappa shape index (κ2) is 7.65. The van der Waals surface area contributed by atoms with Crippen LogP contribution in [-0.4, -0.2) is 40.8 Å². The minimum Gasteiger partial charge on any atom is -0.479 e. The number of aliphatic carboxylic acids is 1. The van der Waals surface area contributed by atoms with Crippen LogP contribution < -0.4 is 5.32 Å². The fourth-order valence-electron chi connectivity index (χ4n) is 2.55. The number of carbonyl (C=O) groups is 3. The first-order chi connectivity index (χ1) is 11.7. The highest BCUT2D eigenvalue weighted by atomic mass is 16.6. The molecule has 1 aromatic carbocycles. The number of carboxylic acid groups (broad SMARTS) is 1. The number of hydrogen-bond acceptors (Lipinski definition) is 5. The summed E-state index contributed by atoms with van der Waals surface area (Å²) >= 11 is 0. The van der Waals surface area contributed by atoms with Crippen LogP contribution in [0.3, 0.4) is 0 Å². The van der Waals surface area contributed by atoms with Crippen LogP contribution in [0.4, 0.5) is 5.69 Å². The maximum Gasteiger partial charge on any atom is 0.332 e. The van der Waals surface area contributed by atoms with Crippen LogP contribution in [0.25, 0.3) is 0 Å². The summed E-state index contributed by atoms with van der Waals surface area (Å²) in [6, 6.07) is 6.92. The number of para-hydroxylation sites is 1. The molecule has 1 amide bonds. The van der Waals surface area contributed by atoms with Crippen LogP contribution in [0, 0.1) is 0 Å². The van der Waals surface area contributed by atoms with E-state index in [1.54, 1.807) is 45.0 Å². The van der Waals surface area contributed by atoms with Gasteiger partial charge in [0.15, 0.2) is 6.10 Å². The molecule has 1 aliphatic rings. The average Bonchev–Trinajstić information content (AvgIpc) is 2.97. The number of anilines is 1.